The summed E-state index contributed by atoms with van der Waals surface area (Å²) < 4.78 is 33.7. The first-order valence-electron chi connectivity index (χ1n) is 7.15. The van der Waals surface area contributed by atoms with E-state index >= 15 is 0 Å². The molecule has 2 atom stereocenters. The number of halogens is 1. The van der Waals surface area contributed by atoms with Gasteiger partial charge in [-0.15, -0.1) is 0 Å². The molecule has 116 valence electrons. The van der Waals surface area contributed by atoms with Gasteiger partial charge in [-0.05, 0) is 37.6 Å². The normalized spacial score (nSPS) is 26.7. The average Bonchev–Trinajstić information content (AvgIpc) is 2.93. The first kappa shape index (κ1) is 15.4. The molecule has 21 heavy (non-hydrogen) atoms. The van der Waals surface area contributed by atoms with Crippen LogP contribution in [0.25, 0.3) is 0 Å². The van der Waals surface area contributed by atoms with Gasteiger partial charge in [-0.3, -0.25) is 4.90 Å². The molecule has 0 spiro atoms. The van der Waals surface area contributed by atoms with E-state index in [0.29, 0.717) is 19.2 Å². The Kier molecular flexibility index (Phi) is 4.66. The first-order valence-corrected chi connectivity index (χ1v) is 9.43. The van der Waals surface area contributed by atoms with Gasteiger partial charge in [0.2, 0.25) is 10.0 Å². The van der Waals surface area contributed by atoms with Crippen molar-refractivity contribution in [2.45, 2.75) is 29.9 Å². The van der Waals surface area contributed by atoms with Crippen molar-refractivity contribution in [1.29, 1.82) is 0 Å². The zero-order valence-corrected chi connectivity index (χ0v) is 14.1. The van der Waals surface area contributed by atoms with Crippen LogP contribution in [0.3, 0.4) is 0 Å². The molecule has 2 aliphatic heterocycles. The van der Waals surface area contributed by atoms with Crippen molar-refractivity contribution in [3.05, 3.63) is 28.7 Å². The molecule has 0 aliphatic carbocycles. The SMILES string of the molecule is O=S(=O)(NCC1CN2CCCC2CO1)c1cccc(Br)c1. The van der Waals surface area contributed by atoms with Crippen molar-refractivity contribution < 1.29 is 13.2 Å². The molecular formula is C14H19BrN2O3S. The van der Waals surface area contributed by atoms with Crippen LogP contribution < -0.4 is 4.72 Å². The molecule has 1 N–H and O–H groups in total. The lowest BCUT2D eigenvalue weighted by molar-refractivity contribution is -0.0449. The minimum atomic E-state index is -3.48. The van der Waals surface area contributed by atoms with Crippen molar-refractivity contribution in [3.8, 4) is 0 Å². The molecule has 2 heterocycles. The van der Waals surface area contributed by atoms with Crippen molar-refractivity contribution >= 4 is 26.0 Å². The van der Waals surface area contributed by atoms with Gasteiger partial charge >= 0.3 is 0 Å². The van der Waals surface area contributed by atoms with Crippen molar-refractivity contribution in [2.24, 2.45) is 0 Å². The highest BCUT2D eigenvalue weighted by Crippen LogP contribution is 2.22. The Morgan fingerprint density at radius 1 is 1.43 bits per heavy atom. The van der Waals surface area contributed by atoms with Gasteiger partial charge in [-0.2, -0.15) is 0 Å². The summed E-state index contributed by atoms with van der Waals surface area (Å²) >= 11 is 3.29. The van der Waals surface area contributed by atoms with Crippen LogP contribution in [-0.2, 0) is 14.8 Å². The van der Waals surface area contributed by atoms with E-state index in [1.807, 2.05) is 0 Å². The predicted molar refractivity (Wildman–Crippen MR) is 83.7 cm³/mol. The maximum Gasteiger partial charge on any atom is 0.240 e. The lowest BCUT2D eigenvalue weighted by atomic mass is 10.2. The van der Waals surface area contributed by atoms with E-state index < -0.39 is 10.0 Å². The van der Waals surface area contributed by atoms with E-state index in [0.717, 1.165) is 17.6 Å². The number of morpholine rings is 1. The molecular weight excluding hydrogens is 356 g/mol. The Balaban J connectivity index is 1.59. The van der Waals surface area contributed by atoms with Gasteiger partial charge in [0.25, 0.3) is 0 Å². The van der Waals surface area contributed by atoms with Crippen LogP contribution >= 0.6 is 15.9 Å². The van der Waals surface area contributed by atoms with Gasteiger partial charge in [-0.25, -0.2) is 13.1 Å². The van der Waals surface area contributed by atoms with Gasteiger partial charge in [-0.1, -0.05) is 22.0 Å². The summed E-state index contributed by atoms with van der Waals surface area (Å²) in [6.07, 6.45) is 2.34. The zero-order chi connectivity index (χ0) is 14.9. The van der Waals surface area contributed by atoms with Crippen LogP contribution in [0.15, 0.2) is 33.6 Å². The first-order chi connectivity index (χ1) is 10.0. The Hall–Kier alpha value is -0.470. The van der Waals surface area contributed by atoms with Gasteiger partial charge in [0, 0.05) is 23.6 Å². The number of nitrogens with zero attached hydrogens (tertiary/aromatic N) is 1. The number of hydrogen-bond acceptors (Lipinski definition) is 4. The van der Waals surface area contributed by atoms with Crippen LogP contribution in [0, 0.1) is 0 Å². The number of rotatable bonds is 4. The molecule has 5 nitrogen and oxygen atoms in total. The molecule has 2 aliphatic rings. The maximum absolute atomic E-state index is 12.3. The molecule has 0 amide bonds. The minimum Gasteiger partial charge on any atom is -0.374 e. The second-order valence-electron chi connectivity index (χ2n) is 5.56. The predicted octanol–water partition coefficient (Wildman–Crippen LogP) is 1.59. The highest BCUT2D eigenvalue weighted by molar-refractivity contribution is 9.10. The van der Waals surface area contributed by atoms with Crippen LogP contribution in [0.1, 0.15) is 12.8 Å². The molecule has 0 bridgehead atoms. The van der Waals surface area contributed by atoms with Gasteiger partial charge in [0.1, 0.15) is 0 Å². The molecule has 0 saturated carbocycles. The smallest absolute Gasteiger partial charge is 0.240 e. The average molecular weight is 375 g/mol. The fourth-order valence-corrected chi connectivity index (χ4v) is 4.59. The van der Waals surface area contributed by atoms with Crippen LogP contribution in [-0.4, -0.2) is 51.7 Å². The van der Waals surface area contributed by atoms with Gasteiger partial charge in [0.15, 0.2) is 0 Å². The number of benzene rings is 1. The number of ether oxygens (including phenoxy) is 1. The van der Waals surface area contributed by atoms with Crippen molar-refractivity contribution in [2.75, 3.05) is 26.2 Å². The molecule has 1 aromatic rings. The lowest BCUT2D eigenvalue weighted by Crippen LogP contribution is -2.50. The van der Waals surface area contributed by atoms with Crippen LogP contribution in [0.4, 0.5) is 0 Å². The molecule has 7 heteroatoms. The number of fused-ring (bicyclic) bond motifs is 1. The molecule has 0 radical (unpaired) electrons. The van der Waals surface area contributed by atoms with Crippen LogP contribution in [0.5, 0.6) is 0 Å². The summed E-state index contributed by atoms with van der Waals surface area (Å²) in [7, 11) is -3.48. The van der Waals surface area contributed by atoms with Crippen molar-refractivity contribution in [1.82, 2.24) is 9.62 Å². The summed E-state index contributed by atoms with van der Waals surface area (Å²) in [6.45, 7) is 2.94. The molecule has 2 saturated heterocycles. The number of nitrogens with one attached hydrogen (secondary N) is 1. The standard InChI is InChI=1S/C14H19BrN2O3S/c15-11-3-1-5-14(7-11)21(18,19)16-8-13-9-17-6-2-4-12(17)10-20-13/h1,3,5,7,12-13,16H,2,4,6,8-10H2. The highest BCUT2D eigenvalue weighted by Gasteiger charge is 2.32. The molecule has 0 aromatic heterocycles. The summed E-state index contributed by atoms with van der Waals surface area (Å²) in [6, 6.07) is 7.23. The summed E-state index contributed by atoms with van der Waals surface area (Å²) in [5, 5.41) is 0. The third-order valence-electron chi connectivity index (χ3n) is 4.07. The van der Waals surface area contributed by atoms with E-state index in [1.54, 1.807) is 24.3 Å². The van der Waals surface area contributed by atoms with E-state index in [9.17, 15) is 8.42 Å². The summed E-state index contributed by atoms with van der Waals surface area (Å²) in [5.74, 6) is 0. The Labute approximate surface area is 133 Å². The third kappa shape index (κ3) is 3.65. The van der Waals surface area contributed by atoms with E-state index in [4.69, 9.17) is 4.74 Å². The quantitative estimate of drug-likeness (QED) is 0.869. The lowest BCUT2D eigenvalue weighted by Gasteiger charge is -2.35. The number of sulfonamides is 1. The monoisotopic (exact) mass is 374 g/mol. The fraction of sp³-hybridized carbons (Fsp3) is 0.571. The minimum absolute atomic E-state index is 0.0683. The molecule has 3 rings (SSSR count). The van der Waals surface area contributed by atoms with E-state index in [-0.39, 0.29) is 11.0 Å². The topological polar surface area (TPSA) is 58.6 Å². The van der Waals surface area contributed by atoms with Gasteiger partial charge in [0.05, 0.1) is 17.6 Å². The Morgan fingerprint density at radius 3 is 3.10 bits per heavy atom. The fourth-order valence-electron chi connectivity index (χ4n) is 2.93. The highest BCUT2D eigenvalue weighted by atomic mass is 79.9. The molecule has 1 aromatic carbocycles. The summed E-state index contributed by atoms with van der Waals surface area (Å²) in [4.78, 5) is 2.67. The summed E-state index contributed by atoms with van der Waals surface area (Å²) in [5.41, 5.74) is 0. The van der Waals surface area contributed by atoms with Crippen LogP contribution in [0.2, 0.25) is 0 Å². The number of hydrogen-bond donors (Lipinski definition) is 1. The second-order valence-corrected chi connectivity index (χ2v) is 8.24. The Bertz CT molecular complexity index is 608. The van der Waals surface area contributed by atoms with E-state index in [1.165, 1.54) is 12.8 Å². The second kappa shape index (κ2) is 6.34. The van der Waals surface area contributed by atoms with E-state index in [2.05, 4.69) is 25.6 Å². The Morgan fingerprint density at radius 2 is 2.29 bits per heavy atom. The maximum atomic E-state index is 12.3. The third-order valence-corrected chi connectivity index (χ3v) is 5.98. The van der Waals surface area contributed by atoms with Gasteiger partial charge < -0.3 is 4.74 Å². The largest absolute Gasteiger partial charge is 0.374 e. The molecule has 2 unspecified atom stereocenters. The molecule has 2 fully saturated rings. The van der Waals surface area contributed by atoms with Crippen molar-refractivity contribution in [3.63, 3.8) is 0 Å². The zero-order valence-electron chi connectivity index (χ0n) is 11.7.